The highest BCUT2D eigenvalue weighted by Gasteiger charge is 2.36. The summed E-state index contributed by atoms with van der Waals surface area (Å²) in [5.41, 5.74) is -0.469. The molecule has 0 amide bonds. The SMILES string of the molecule is CC1(C)CC(=O)C(C(=O)O)=C(CC(=O)O)C1. The Kier molecular flexibility index (Phi) is 3.16. The van der Waals surface area contributed by atoms with E-state index >= 15 is 0 Å². The lowest BCUT2D eigenvalue weighted by Gasteiger charge is -2.30. The first kappa shape index (κ1) is 12.4. The molecule has 2 N–H and O–H groups in total. The van der Waals surface area contributed by atoms with Crippen molar-refractivity contribution in [2.75, 3.05) is 0 Å². The van der Waals surface area contributed by atoms with Crippen LogP contribution in [0.25, 0.3) is 0 Å². The van der Waals surface area contributed by atoms with E-state index in [0.717, 1.165) is 0 Å². The van der Waals surface area contributed by atoms with Gasteiger partial charge >= 0.3 is 11.9 Å². The number of carboxylic acid groups (broad SMARTS) is 2. The molecule has 0 aromatic carbocycles. The summed E-state index contributed by atoms with van der Waals surface area (Å²) in [5, 5.41) is 17.6. The van der Waals surface area contributed by atoms with Gasteiger partial charge in [-0.05, 0) is 17.4 Å². The van der Waals surface area contributed by atoms with Crippen molar-refractivity contribution in [2.24, 2.45) is 5.41 Å². The summed E-state index contributed by atoms with van der Waals surface area (Å²) in [4.78, 5) is 33.1. The molecule has 88 valence electrons. The first-order valence-corrected chi connectivity index (χ1v) is 4.93. The zero-order valence-corrected chi connectivity index (χ0v) is 9.24. The Balaban J connectivity index is 3.17. The Hall–Kier alpha value is -1.65. The van der Waals surface area contributed by atoms with Crippen molar-refractivity contribution >= 4 is 17.7 Å². The minimum absolute atomic E-state index is 0.151. The second kappa shape index (κ2) is 4.08. The van der Waals surface area contributed by atoms with Gasteiger partial charge < -0.3 is 10.2 Å². The fraction of sp³-hybridized carbons (Fsp3) is 0.545. The highest BCUT2D eigenvalue weighted by molar-refractivity contribution is 6.18. The number of aliphatic carboxylic acids is 2. The number of carbonyl (C=O) groups is 3. The Bertz CT molecular complexity index is 389. The lowest BCUT2D eigenvalue weighted by atomic mass is 9.73. The van der Waals surface area contributed by atoms with Crippen molar-refractivity contribution in [3.8, 4) is 0 Å². The fourth-order valence-electron chi connectivity index (χ4n) is 2.05. The Morgan fingerprint density at radius 1 is 1.25 bits per heavy atom. The largest absolute Gasteiger partial charge is 0.481 e. The monoisotopic (exact) mass is 226 g/mol. The minimum Gasteiger partial charge on any atom is -0.481 e. The first-order chi connectivity index (χ1) is 7.23. The summed E-state index contributed by atoms with van der Waals surface area (Å²) in [5.74, 6) is -2.91. The van der Waals surface area contributed by atoms with E-state index in [-0.39, 0.29) is 29.4 Å². The maximum Gasteiger partial charge on any atom is 0.339 e. The van der Waals surface area contributed by atoms with Crippen molar-refractivity contribution in [2.45, 2.75) is 33.1 Å². The summed E-state index contributed by atoms with van der Waals surface area (Å²) in [6.07, 6.45) is 0.112. The number of hydrogen-bond acceptors (Lipinski definition) is 3. The van der Waals surface area contributed by atoms with Gasteiger partial charge in [-0.25, -0.2) is 4.79 Å². The molecule has 5 heteroatoms. The molecule has 0 saturated carbocycles. The molecule has 0 atom stereocenters. The van der Waals surface area contributed by atoms with Crippen LogP contribution in [-0.4, -0.2) is 27.9 Å². The number of carboxylic acids is 2. The molecule has 16 heavy (non-hydrogen) atoms. The molecule has 0 radical (unpaired) electrons. The normalized spacial score (nSPS) is 19.8. The second-order valence-electron chi connectivity index (χ2n) is 4.80. The van der Waals surface area contributed by atoms with Gasteiger partial charge in [0.1, 0.15) is 5.57 Å². The Morgan fingerprint density at radius 3 is 2.25 bits per heavy atom. The molecule has 0 aliphatic heterocycles. The predicted octanol–water partition coefficient (Wildman–Crippen LogP) is 1.23. The Morgan fingerprint density at radius 2 is 1.81 bits per heavy atom. The third kappa shape index (κ3) is 2.68. The van der Waals surface area contributed by atoms with Gasteiger partial charge in [-0.15, -0.1) is 0 Å². The number of Topliss-reactive ketones (excluding diaryl/α,β-unsaturated/α-hetero) is 1. The van der Waals surface area contributed by atoms with Crippen molar-refractivity contribution < 1.29 is 24.6 Å². The molecule has 0 saturated heterocycles. The van der Waals surface area contributed by atoms with E-state index in [1.165, 1.54) is 0 Å². The van der Waals surface area contributed by atoms with E-state index in [1.807, 2.05) is 13.8 Å². The summed E-state index contributed by atoms with van der Waals surface area (Å²) < 4.78 is 0. The van der Waals surface area contributed by atoms with Gasteiger partial charge in [0, 0.05) is 6.42 Å². The van der Waals surface area contributed by atoms with Crippen LogP contribution in [0.2, 0.25) is 0 Å². The van der Waals surface area contributed by atoms with Crippen LogP contribution in [0.5, 0.6) is 0 Å². The van der Waals surface area contributed by atoms with Crippen LogP contribution in [0.15, 0.2) is 11.1 Å². The summed E-state index contributed by atoms with van der Waals surface area (Å²) in [6.45, 7) is 3.65. The van der Waals surface area contributed by atoms with E-state index < -0.39 is 17.7 Å². The van der Waals surface area contributed by atoms with E-state index in [4.69, 9.17) is 10.2 Å². The molecule has 1 aliphatic rings. The molecule has 0 spiro atoms. The van der Waals surface area contributed by atoms with Gasteiger partial charge in [0.05, 0.1) is 6.42 Å². The number of rotatable bonds is 3. The van der Waals surface area contributed by atoms with Crippen LogP contribution in [0.4, 0.5) is 0 Å². The molecular weight excluding hydrogens is 212 g/mol. The first-order valence-electron chi connectivity index (χ1n) is 4.93. The van der Waals surface area contributed by atoms with Crippen LogP contribution in [0, 0.1) is 5.41 Å². The number of hydrogen-bond donors (Lipinski definition) is 2. The average Bonchev–Trinajstić information content (AvgIpc) is 1.96. The quantitative estimate of drug-likeness (QED) is 0.706. The summed E-state index contributed by atoms with van der Waals surface area (Å²) in [6, 6.07) is 0. The zero-order chi connectivity index (χ0) is 12.5. The zero-order valence-electron chi connectivity index (χ0n) is 9.24. The van der Waals surface area contributed by atoms with Gasteiger partial charge in [-0.2, -0.15) is 0 Å². The third-order valence-electron chi connectivity index (χ3n) is 2.54. The molecule has 1 aliphatic carbocycles. The van der Waals surface area contributed by atoms with Crippen LogP contribution in [-0.2, 0) is 14.4 Å². The van der Waals surface area contributed by atoms with Gasteiger partial charge in [-0.1, -0.05) is 13.8 Å². The van der Waals surface area contributed by atoms with Gasteiger partial charge in [0.2, 0.25) is 0 Å². The van der Waals surface area contributed by atoms with Crippen molar-refractivity contribution in [3.05, 3.63) is 11.1 Å². The highest BCUT2D eigenvalue weighted by atomic mass is 16.4. The van der Waals surface area contributed by atoms with Crippen molar-refractivity contribution in [3.63, 3.8) is 0 Å². The maximum absolute atomic E-state index is 11.6. The fourth-order valence-corrected chi connectivity index (χ4v) is 2.05. The molecule has 1 rings (SSSR count). The van der Waals surface area contributed by atoms with Crippen molar-refractivity contribution in [1.82, 2.24) is 0 Å². The number of ketones is 1. The highest BCUT2D eigenvalue weighted by Crippen LogP contribution is 2.38. The van der Waals surface area contributed by atoms with E-state index in [0.29, 0.717) is 6.42 Å². The average molecular weight is 226 g/mol. The molecule has 5 nitrogen and oxygen atoms in total. The molecule has 0 aromatic heterocycles. The van der Waals surface area contributed by atoms with Crippen LogP contribution in [0.1, 0.15) is 33.1 Å². The topological polar surface area (TPSA) is 91.7 Å². The van der Waals surface area contributed by atoms with Crippen LogP contribution < -0.4 is 0 Å². The lowest BCUT2D eigenvalue weighted by Crippen LogP contribution is -2.29. The molecule has 0 aromatic rings. The molecule has 0 heterocycles. The third-order valence-corrected chi connectivity index (χ3v) is 2.54. The van der Waals surface area contributed by atoms with Crippen molar-refractivity contribution in [1.29, 1.82) is 0 Å². The maximum atomic E-state index is 11.6. The van der Waals surface area contributed by atoms with E-state index in [1.54, 1.807) is 0 Å². The second-order valence-corrected chi connectivity index (χ2v) is 4.80. The van der Waals surface area contributed by atoms with E-state index in [9.17, 15) is 14.4 Å². The Labute approximate surface area is 92.8 Å². The van der Waals surface area contributed by atoms with Crippen LogP contribution >= 0.6 is 0 Å². The predicted molar refractivity (Wildman–Crippen MR) is 54.9 cm³/mol. The minimum atomic E-state index is -1.32. The number of carbonyl (C=O) groups excluding carboxylic acids is 1. The summed E-state index contributed by atoms with van der Waals surface area (Å²) >= 11 is 0. The molecule has 0 bridgehead atoms. The van der Waals surface area contributed by atoms with E-state index in [2.05, 4.69) is 0 Å². The lowest BCUT2D eigenvalue weighted by molar-refractivity contribution is -0.136. The van der Waals surface area contributed by atoms with Gasteiger partial charge in [-0.3, -0.25) is 9.59 Å². The smallest absolute Gasteiger partial charge is 0.339 e. The van der Waals surface area contributed by atoms with Crippen LogP contribution in [0.3, 0.4) is 0 Å². The summed E-state index contributed by atoms with van der Waals surface area (Å²) in [7, 11) is 0. The van der Waals surface area contributed by atoms with Gasteiger partial charge in [0.15, 0.2) is 5.78 Å². The molecule has 0 fully saturated rings. The molecular formula is C11H14O5. The standard InChI is InChI=1S/C11H14O5/c1-11(2)4-6(3-8(13)14)9(10(15)16)7(12)5-11/h3-5H2,1-2H3,(H,13,14)(H,15,16). The van der Waals surface area contributed by atoms with Gasteiger partial charge in [0.25, 0.3) is 0 Å². The molecule has 0 unspecified atom stereocenters.